The quantitative estimate of drug-likeness (QED) is 0.498. The highest BCUT2D eigenvalue weighted by Crippen LogP contribution is 2.31. The van der Waals surface area contributed by atoms with Crippen LogP contribution in [0.3, 0.4) is 0 Å². The Morgan fingerprint density at radius 2 is 1.83 bits per heavy atom. The minimum Gasteiger partial charge on any atom is -0.454 e. The molecule has 1 aliphatic rings. The second-order valence-electron chi connectivity index (χ2n) is 4.72. The van der Waals surface area contributed by atoms with Crippen molar-refractivity contribution in [3.8, 4) is 11.5 Å². The van der Waals surface area contributed by atoms with Gasteiger partial charge in [0, 0.05) is 12.1 Å². The van der Waals surface area contributed by atoms with E-state index in [0.717, 1.165) is 24.3 Å². The lowest BCUT2D eigenvalue weighted by Gasteiger charge is -2.03. The smallest absolute Gasteiger partial charge is 0.276 e. The minimum atomic E-state index is -3.91. The maximum Gasteiger partial charge on any atom is 0.276 e. The van der Waals surface area contributed by atoms with E-state index in [1.54, 1.807) is 18.2 Å². The van der Waals surface area contributed by atoms with E-state index >= 15 is 0 Å². The van der Waals surface area contributed by atoms with Gasteiger partial charge in [0.05, 0.1) is 16.0 Å². The van der Waals surface area contributed by atoms with Gasteiger partial charge in [-0.1, -0.05) is 0 Å². The van der Waals surface area contributed by atoms with Crippen molar-refractivity contribution < 1.29 is 22.8 Å². The van der Waals surface area contributed by atoms with Crippen LogP contribution in [0.2, 0.25) is 0 Å². The SMILES string of the molecule is O=[N+]([O-])c1ccc(S(=O)(=O)N/N=C\c2ccc3c(c2)OCO3)cc1. The number of nitro benzene ring substituents is 1. The summed E-state index contributed by atoms with van der Waals surface area (Å²) in [5.74, 6) is 1.16. The molecule has 0 saturated carbocycles. The molecule has 3 rings (SSSR count). The number of nitro groups is 1. The summed E-state index contributed by atoms with van der Waals surface area (Å²) in [6.45, 7) is 0.142. The fourth-order valence-corrected chi connectivity index (χ4v) is 2.75. The summed E-state index contributed by atoms with van der Waals surface area (Å²) in [4.78, 5) is 11.9. The van der Waals surface area contributed by atoms with E-state index < -0.39 is 14.9 Å². The molecule has 1 N–H and O–H groups in total. The molecule has 124 valence electrons. The molecule has 0 amide bonds. The molecule has 0 aromatic heterocycles. The minimum absolute atomic E-state index is 0.129. The monoisotopic (exact) mass is 349 g/mol. The van der Waals surface area contributed by atoms with Crippen molar-refractivity contribution in [3.63, 3.8) is 0 Å². The van der Waals surface area contributed by atoms with Gasteiger partial charge in [-0.3, -0.25) is 10.1 Å². The average molecular weight is 349 g/mol. The van der Waals surface area contributed by atoms with Gasteiger partial charge >= 0.3 is 0 Å². The molecular formula is C14H11N3O6S. The van der Waals surface area contributed by atoms with Crippen molar-refractivity contribution >= 4 is 21.9 Å². The van der Waals surface area contributed by atoms with Crippen LogP contribution in [0.25, 0.3) is 0 Å². The number of sulfonamides is 1. The first-order valence-electron chi connectivity index (χ1n) is 6.65. The number of hydrogen-bond donors (Lipinski definition) is 1. The van der Waals surface area contributed by atoms with Crippen LogP contribution in [-0.4, -0.2) is 26.3 Å². The molecule has 0 bridgehead atoms. The zero-order chi connectivity index (χ0) is 17.2. The third-order valence-corrected chi connectivity index (χ3v) is 4.38. The van der Waals surface area contributed by atoms with Crippen molar-refractivity contribution in [1.29, 1.82) is 0 Å². The van der Waals surface area contributed by atoms with Gasteiger partial charge in [-0.25, -0.2) is 4.83 Å². The Hall–Kier alpha value is -3.14. The number of rotatable bonds is 5. The van der Waals surface area contributed by atoms with Crippen LogP contribution in [0.5, 0.6) is 11.5 Å². The Balaban J connectivity index is 1.71. The maximum atomic E-state index is 12.1. The van der Waals surface area contributed by atoms with Crippen LogP contribution in [0.1, 0.15) is 5.56 Å². The van der Waals surface area contributed by atoms with Gasteiger partial charge in [-0.15, -0.1) is 0 Å². The Kier molecular flexibility index (Phi) is 4.04. The number of nitrogens with one attached hydrogen (secondary N) is 1. The predicted octanol–water partition coefficient (Wildman–Crippen LogP) is 1.64. The van der Waals surface area contributed by atoms with E-state index in [0.29, 0.717) is 17.1 Å². The molecule has 0 spiro atoms. The Bertz CT molecular complexity index is 909. The lowest BCUT2D eigenvalue weighted by molar-refractivity contribution is -0.384. The van der Waals surface area contributed by atoms with E-state index in [1.807, 2.05) is 4.83 Å². The van der Waals surface area contributed by atoms with E-state index in [1.165, 1.54) is 6.21 Å². The summed E-state index contributed by atoms with van der Waals surface area (Å²) >= 11 is 0. The molecule has 24 heavy (non-hydrogen) atoms. The molecule has 0 aliphatic carbocycles. The number of hydrogen-bond acceptors (Lipinski definition) is 7. The summed E-state index contributed by atoms with van der Waals surface area (Å²) in [5, 5.41) is 14.2. The van der Waals surface area contributed by atoms with Crippen molar-refractivity contribution in [2.75, 3.05) is 6.79 Å². The lowest BCUT2D eigenvalue weighted by atomic mass is 10.2. The first kappa shape index (κ1) is 15.7. The summed E-state index contributed by atoms with van der Waals surface area (Å²) in [7, 11) is -3.91. The predicted molar refractivity (Wildman–Crippen MR) is 83.6 cm³/mol. The van der Waals surface area contributed by atoms with Crippen LogP contribution in [0, 0.1) is 10.1 Å². The normalized spacial score (nSPS) is 13.2. The molecule has 0 radical (unpaired) electrons. The molecule has 0 saturated heterocycles. The Morgan fingerprint density at radius 3 is 2.54 bits per heavy atom. The molecule has 0 fully saturated rings. The number of non-ortho nitro benzene ring substituents is 1. The zero-order valence-corrected chi connectivity index (χ0v) is 12.9. The summed E-state index contributed by atoms with van der Waals surface area (Å²) in [6, 6.07) is 9.52. The molecule has 1 aliphatic heterocycles. The van der Waals surface area contributed by atoms with Crippen molar-refractivity contribution in [1.82, 2.24) is 4.83 Å². The standard InChI is InChI=1S/C14H11N3O6S/c18-17(19)11-2-4-12(5-3-11)24(20,21)16-15-8-10-1-6-13-14(7-10)23-9-22-13/h1-8,16H,9H2/b15-8-. The van der Waals surface area contributed by atoms with Crippen LogP contribution in [0.15, 0.2) is 52.5 Å². The third-order valence-electron chi connectivity index (χ3n) is 3.14. The molecule has 0 atom stereocenters. The molecule has 1 heterocycles. The lowest BCUT2D eigenvalue weighted by Crippen LogP contribution is -2.18. The summed E-state index contributed by atoms with van der Waals surface area (Å²) in [5.41, 5.74) is 0.420. The number of fused-ring (bicyclic) bond motifs is 1. The van der Waals surface area contributed by atoms with Crippen molar-refractivity contribution in [2.24, 2.45) is 5.10 Å². The Labute approximate surface area is 136 Å². The molecule has 2 aromatic carbocycles. The second kappa shape index (κ2) is 6.16. The molecule has 9 nitrogen and oxygen atoms in total. The first-order chi connectivity index (χ1) is 11.5. The van der Waals surface area contributed by atoms with E-state index in [-0.39, 0.29) is 17.4 Å². The number of ether oxygens (including phenoxy) is 2. The van der Waals surface area contributed by atoms with Crippen molar-refractivity contribution in [2.45, 2.75) is 4.90 Å². The third kappa shape index (κ3) is 3.27. The molecule has 2 aromatic rings. The van der Waals surface area contributed by atoms with Gasteiger partial charge < -0.3 is 9.47 Å². The fourth-order valence-electron chi connectivity index (χ4n) is 1.96. The average Bonchev–Trinajstić information content (AvgIpc) is 3.02. The van der Waals surface area contributed by atoms with Gasteiger partial charge in [0.25, 0.3) is 15.7 Å². The number of nitrogens with zero attached hydrogens (tertiary/aromatic N) is 2. The molecule has 0 unspecified atom stereocenters. The highest BCUT2D eigenvalue weighted by molar-refractivity contribution is 7.89. The zero-order valence-electron chi connectivity index (χ0n) is 12.1. The second-order valence-corrected chi connectivity index (χ2v) is 6.38. The van der Waals surface area contributed by atoms with Gasteiger partial charge in [0.1, 0.15) is 0 Å². The van der Waals surface area contributed by atoms with Crippen LogP contribution in [-0.2, 0) is 10.0 Å². The summed E-state index contributed by atoms with van der Waals surface area (Å²) < 4.78 is 34.5. The van der Waals surface area contributed by atoms with Gasteiger partial charge in [-0.05, 0) is 35.9 Å². The number of benzene rings is 2. The van der Waals surface area contributed by atoms with Gasteiger partial charge in [0.15, 0.2) is 11.5 Å². The van der Waals surface area contributed by atoms with Crippen LogP contribution in [0.4, 0.5) is 5.69 Å². The summed E-state index contributed by atoms with van der Waals surface area (Å²) in [6.07, 6.45) is 1.31. The highest BCUT2D eigenvalue weighted by atomic mass is 32.2. The number of hydrazone groups is 1. The fraction of sp³-hybridized carbons (Fsp3) is 0.0714. The Morgan fingerprint density at radius 1 is 1.12 bits per heavy atom. The molecule has 10 heteroatoms. The highest BCUT2D eigenvalue weighted by Gasteiger charge is 2.15. The van der Waals surface area contributed by atoms with E-state index in [9.17, 15) is 18.5 Å². The van der Waals surface area contributed by atoms with Gasteiger partial charge in [0.2, 0.25) is 6.79 Å². The van der Waals surface area contributed by atoms with Crippen LogP contribution >= 0.6 is 0 Å². The van der Waals surface area contributed by atoms with Crippen LogP contribution < -0.4 is 14.3 Å². The maximum absolute atomic E-state index is 12.1. The topological polar surface area (TPSA) is 120 Å². The van der Waals surface area contributed by atoms with E-state index in [2.05, 4.69) is 5.10 Å². The van der Waals surface area contributed by atoms with E-state index in [4.69, 9.17) is 9.47 Å². The van der Waals surface area contributed by atoms with Gasteiger partial charge in [-0.2, -0.15) is 13.5 Å². The van der Waals surface area contributed by atoms with Crippen molar-refractivity contribution in [3.05, 3.63) is 58.1 Å². The first-order valence-corrected chi connectivity index (χ1v) is 8.13. The largest absolute Gasteiger partial charge is 0.454 e. The molecular weight excluding hydrogens is 338 g/mol.